The third-order valence-electron chi connectivity index (χ3n) is 2.01. The number of amidine groups is 1. The zero-order valence-corrected chi connectivity index (χ0v) is 8.76. The van der Waals surface area contributed by atoms with E-state index in [0.29, 0.717) is 23.5 Å². The highest BCUT2D eigenvalue weighted by molar-refractivity contribution is 5.77. The van der Waals surface area contributed by atoms with Gasteiger partial charge in [-0.05, 0) is 37.5 Å². The number of benzene rings is 1. The average Bonchev–Trinajstić information content (AvgIpc) is 2.10. The van der Waals surface area contributed by atoms with E-state index in [2.05, 4.69) is 4.99 Å². The molecule has 0 radical (unpaired) electrons. The van der Waals surface area contributed by atoms with Crippen LogP contribution in [0.1, 0.15) is 23.6 Å². The van der Waals surface area contributed by atoms with Gasteiger partial charge in [0.2, 0.25) is 0 Å². The van der Waals surface area contributed by atoms with Crippen molar-refractivity contribution in [3.05, 3.63) is 34.6 Å². The maximum absolute atomic E-state index is 13.2. The summed E-state index contributed by atoms with van der Waals surface area (Å²) in [4.78, 5) is 4.08. The fraction of sp³-hybridized carbons (Fsp3) is 0.364. The first-order chi connectivity index (χ1) is 6.50. The van der Waals surface area contributed by atoms with Crippen molar-refractivity contribution in [2.24, 2.45) is 10.7 Å². The molecule has 0 aromatic heterocycles. The third-order valence-corrected chi connectivity index (χ3v) is 2.01. The number of hydrogen-bond donors (Lipinski definition) is 1. The van der Waals surface area contributed by atoms with E-state index in [4.69, 9.17) is 5.73 Å². The Labute approximate surface area is 83.7 Å². The summed E-state index contributed by atoms with van der Waals surface area (Å²) in [6, 6.07) is 3.60. The molecule has 0 aliphatic carbocycles. The Morgan fingerprint density at radius 1 is 1.36 bits per heavy atom. The Hall–Kier alpha value is -1.38. The molecule has 3 heteroatoms. The summed E-state index contributed by atoms with van der Waals surface area (Å²) in [6.07, 6.45) is 0. The molecule has 2 nitrogen and oxygen atoms in total. The molecule has 1 aromatic carbocycles. The van der Waals surface area contributed by atoms with E-state index < -0.39 is 0 Å². The second kappa shape index (κ2) is 4.22. The molecular weight excluding hydrogens is 179 g/mol. The number of aliphatic imine (C=N–C) groups is 1. The Morgan fingerprint density at radius 2 is 1.86 bits per heavy atom. The van der Waals surface area contributed by atoms with Gasteiger partial charge in [-0.25, -0.2) is 4.39 Å². The molecule has 0 unspecified atom stereocenters. The van der Waals surface area contributed by atoms with Crippen LogP contribution in [0.25, 0.3) is 0 Å². The van der Waals surface area contributed by atoms with Gasteiger partial charge in [-0.3, -0.25) is 4.99 Å². The molecule has 0 bridgehead atoms. The Bertz CT molecular complexity index is 343. The number of nitrogens with two attached hydrogens (primary N) is 1. The van der Waals surface area contributed by atoms with Crippen LogP contribution in [-0.4, -0.2) is 5.84 Å². The minimum atomic E-state index is -0.137. The van der Waals surface area contributed by atoms with Crippen molar-refractivity contribution in [2.75, 3.05) is 0 Å². The second-order valence-electron chi connectivity index (χ2n) is 3.50. The average molecular weight is 194 g/mol. The minimum absolute atomic E-state index is 0.137. The predicted octanol–water partition coefficient (Wildman–Crippen LogP) is 2.32. The smallest absolute Gasteiger partial charge is 0.129 e. The van der Waals surface area contributed by atoms with Crippen LogP contribution in [-0.2, 0) is 6.54 Å². The highest BCUT2D eigenvalue weighted by atomic mass is 19.1. The second-order valence-corrected chi connectivity index (χ2v) is 3.50. The van der Waals surface area contributed by atoms with E-state index in [1.807, 2.05) is 0 Å². The molecule has 0 saturated heterocycles. The van der Waals surface area contributed by atoms with E-state index in [-0.39, 0.29) is 5.82 Å². The zero-order chi connectivity index (χ0) is 10.7. The summed E-state index contributed by atoms with van der Waals surface area (Å²) in [5, 5.41) is 0. The van der Waals surface area contributed by atoms with E-state index in [9.17, 15) is 4.39 Å². The van der Waals surface area contributed by atoms with Crippen molar-refractivity contribution >= 4 is 5.84 Å². The van der Waals surface area contributed by atoms with E-state index >= 15 is 0 Å². The van der Waals surface area contributed by atoms with E-state index in [1.54, 1.807) is 32.9 Å². The van der Waals surface area contributed by atoms with Gasteiger partial charge < -0.3 is 5.73 Å². The molecule has 0 aliphatic rings. The van der Waals surface area contributed by atoms with Crippen molar-refractivity contribution in [2.45, 2.75) is 27.3 Å². The molecular formula is C11H15FN2. The maximum Gasteiger partial charge on any atom is 0.129 e. The van der Waals surface area contributed by atoms with Crippen molar-refractivity contribution in [3.63, 3.8) is 0 Å². The molecule has 14 heavy (non-hydrogen) atoms. The number of hydrogen-bond acceptors (Lipinski definition) is 1. The first-order valence-corrected chi connectivity index (χ1v) is 4.53. The summed E-state index contributed by atoms with van der Waals surface area (Å²) in [6.45, 7) is 5.77. The zero-order valence-electron chi connectivity index (χ0n) is 8.76. The monoisotopic (exact) mass is 194 g/mol. The summed E-state index contributed by atoms with van der Waals surface area (Å²) >= 11 is 0. The lowest BCUT2D eigenvalue weighted by Crippen LogP contribution is -2.05. The van der Waals surface area contributed by atoms with Crippen LogP contribution in [0, 0.1) is 19.7 Å². The fourth-order valence-electron chi connectivity index (χ4n) is 1.34. The number of halogens is 1. The standard InChI is InChI=1S/C11H15FN2/c1-7-4-10(6-14-9(3)13)5-8(2)11(7)12/h4-5H,6H2,1-3H3,(H2,13,14). The molecule has 0 fully saturated rings. The summed E-state index contributed by atoms with van der Waals surface area (Å²) in [5.41, 5.74) is 7.73. The molecule has 76 valence electrons. The van der Waals surface area contributed by atoms with Crippen molar-refractivity contribution in [3.8, 4) is 0 Å². The first-order valence-electron chi connectivity index (χ1n) is 4.53. The highest BCUT2D eigenvalue weighted by Crippen LogP contribution is 2.15. The topological polar surface area (TPSA) is 38.4 Å². The van der Waals surface area contributed by atoms with Crippen LogP contribution in [0.2, 0.25) is 0 Å². The highest BCUT2D eigenvalue weighted by Gasteiger charge is 2.03. The van der Waals surface area contributed by atoms with Crippen LogP contribution < -0.4 is 5.73 Å². The normalized spacial score (nSPS) is 11.9. The van der Waals surface area contributed by atoms with Gasteiger partial charge >= 0.3 is 0 Å². The van der Waals surface area contributed by atoms with Crippen molar-refractivity contribution in [1.29, 1.82) is 0 Å². The lowest BCUT2D eigenvalue weighted by molar-refractivity contribution is 0.608. The Kier molecular flexibility index (Phi) is 3.23. The predicted molar refractivity (Wildman–Crippen MR) is 56.9 cm³/mol. The lowest BCUT2D eigenvalue weighted by Gasteiger charge is -2.04. The molecule has 1 aromatic rings. The molecule has 0 spiro atoms. The Balaban J connectivity index is 2.95. The van der Waals surface area contributed by atoms with Crippen LogP contribution in [0.3, 0.4) is 0 Å². The molecule has 0 heterocycles. The maximum atomic E-state index is 13.2. The van der Waals surface area contributed by atoms with Gasteiger partial charge in [0, 0.05) is 0 Å². The minimum Gasteiger partial charge on any atom is -0.388 e. The molecule has 0 atom stereocenters. The van der Waals surface area contributed by atoms with Crippen LogP contribution in [0.5, 0.6) is 0 Å². The van der Waals surface area contributed by atoms with Crippen molar-refractivity contribution in [1.82, 2.24) is 0 Å². The first kappa shape index (κ1) is 10.7. The molecule has 2 N–H and O–H groups in total. The Morgan fingerprint density at radius 3 is 2.29 bits per heavy atom. The molecule has 1 rings (SSSR count). The van der Waals surface area contributed by atoms with E-state index in [0.717, 1.165) is 5.56 Å². The summed E-state index contributed by atoms with van der Waals surface area (Å²) in [7, 11) is 0. The SMILES string of the molecule is CC(N)=NCc1cc(C)c(F)c(C)c1. The largest absolute Gasteiger partial charge is 0.388 e. The number of rotatable bonds is 2. The molecule has 0 amide bonds. The van der Waals surface area contributed by atoms with Crippen LogP contribution in [0.4, 0.5) is 4.39 Å². The van der Waals surface area contributed by atoms with Gasteiger partial charge in [-0.2, -0.15) is 0 Å². The van der Waals surface area contributed by atoms with Crippen molar-refractivity contribution < 1.29 is 4.39 Å². The van der Waals surface area contributed by atoms with E-state index in [1.165, 1.54) is 0 Å². The van der Waals surface area contributed by atoms with Gasteiger partial charge in [0.05, 0.1) is 12.4 Å². The van der Waals surface area contributed by atoms with Gasteiger partial charge in [-0.1, -0.05) is 12.1 Å². The van der Waals surface area contributed by atoms with Gasteiger partial charge in [0.1, 0.15) is 5.82 Å². The van der Waals surface area contributed by atoms with Gasteiger partial charge in [-0.15, -0.1) is 0 Å². The lowest BCUT2D eigenvalue weighted by atomic mass is 10.1. The van der Waals surface area contributed by atoms with Crippen LogP contribution >= 0.6 is 0 Å². The number of aryl methyl sites for hydroxylation is 2. The fourth-order valence-corrected chi connectivity index (χ4v) is 1.34. The third kappa shape index (κ3) is 2.55. The summed E-state index contributed by atoms with van der Waals surface area (Å²) < 4.78 is 13.2. The van der Waals surface area contributed by atoms with Gasteiger partial charge in [0.15, 0.2) is 0 Å². The van der Waals surface area contributed by atoms with Gasteiger partial charge in [0.25, 0.3) is 0 Å². The summed E-state index contributed by atoms with van der Waals surface area (Å²) in [5.74, 6) is 0.409. The van der Waals surface area contributed by atoms with Crippen LogP contribution in [0.15, 0.2) is 17.1 Å². The molecule has 0 saturated carbocycles. The quantitative estimate of drug-likeness (QED) is 0.569. The number of nitrogens with zero attached hydrogens (tertiary/aromatic N) is 1. The molecule has 0 aliphatic heterocycles.